The standard InChI is InChI=1S/C17H20BrN/c1-11-8-9-14(10-12(11)2)17(19-4)15-6-5-7-16(18)13(15)3/h5-10,17,19H,1-4H3. The third-order valence-corrected chi connectivity index (χ3v) is 4.63. The lowest BCUT2D eigenvalue weighted by Crippen LogP contribution is -2.19. The highest BCUT2D eigenvalue weighted by molar-refractivity contribution is 9.10. The van der Waals surface area contributed by atoms with Crippen LogP contribution in [0.25, 0.3) is 0 Å². The van der Waals surface area contributed by atoms with Gasteiger partial charge in [0.1, 0.15) is 0 Å². The SMILES string of the molecule is CNC(c1ccc(C)c(C)c1)c1cccc(Br)c1C. The normalized spacial score (nSPS) is 12.5. The topological polar surface area (TPSA) is 12.0 Å². The zero-order chi connectivity index (χ0) is 14.0. The average Bonchev–Trinajstić information content (AvgIpc) is 2.39. The molecule has 2 aromatic carbocycles. The van der Waals surface area contributed by atoms with Gasteiger partial charge in [0.05, 0.1) is 6.04 Å². The van der Waals surface area contributed by atoms with Crippen molar-refractivity contribution in [3.63, 3.8) is 0 Å². The third kappa shape index (κ3) is 2.90. The summed E-state index contributed by atoms with van der Waals surface area (Å²) in [5.41, 5.74) is 6.60. The third-order valence-electron chi connectivity index (χ3n) is 3.77. The molecule has 0 aliphatic heterocycles. The van der Waals surface area contributed by atoms with Gasteiger partial charge in [-0.05, 0) is 61.7 Å². The largest absolute Gasteiger partial charge is 0.309 e. The van der Waals surface area contributed by atoms with Gasteiger partial charge in [-0.25, -0.2) is 0 Å². The highest BCUT2D eigenvalue weighted by atomic mass is 79.9. The molecular weight excluding hydrogens is 298 g/mol. The first kappa shape index (κ1) is 14.3. The highest BCUT2D eigenvalue weighted by Gasteiger charge is 2.15. The minimum Gasteiger partial charge on any atom is -0.309 e. The van der Waals surface area contributed by atoms with E-state index in [1.807, 2.05) is 7.05 Å². The summed E-state index contributed by atoms with van der Waals surface area (Å²) in [6, 6.07) is 13.3. The van der Waals surface area contributed by atoms with Crippen molar-refractivity contribution in [1.82, 2.24) is 5.32 Å². The molecule has 1 N–H and O–H groups in total. The second-order valence-corrected chi connectivity index (χ2v) is 5.87. The summed E-state index contributed by atoms with van der Waals surface area (Å²) in [7, 11) is 2.01. The number of hydrogen-bond acceptors (Lipinski definition) is 1. The van der Waals surface area contributed by atoms with E-state index < -0.39 is 0 Å². The molecule has 0 amide bonds. The van der Waals surface area contributed by atoms with Crippen molar-refractivity contribution < 1.29 is 0 Å². The van der Waals surface area contributed by atoms with E-state index in [0.717, 1.165) is 4.47 Å². The van der Waals surface area contributed by atoms with E-state index in [4.69, 9.17) is 0 Å². The zero-order valence-corrected chi connectivity index (χ0v) is 13.5. The molecule has 2 heteroatoms. The minimum atomic E-state index is 0.233. The van der Waals surface area contributed by atoms with Crippen LogP contribution < -0.4 is 5.32 Å². The van der Waals surface area contributed by atoms with Crippen molar-refractivity contribution in [1.29, 1.82) is 0 Å². The van der Waals surface area contributed by atoms with Crippen molar-refractivity contribution in [2.45, 2.75) is 26.8 Å². The van der Waals surface area contributed by atoms with E-state index in [2.05, 4.69) is 78.4 Å². The van der Waals surface area contributed by atoms with E-state index in [1.165, 1.54) is 27.8 Å². The molecule has 0 saturated heterocycles. The number of nitrogens with one attached hydrogen (secondary N) is 1. The monoisotopic (exact) mass is 317 g/mol. The molecule has 1 nitrogen and oxygen atoms in total. The van der Waals surface area contributed by atoms with Crippen LogP contribution in [-0.2, 0) is 0 Å². The Morgan fingerprint density at radius 2 is 1.74 bits per heavy atom. The van der Waals surface area contributed by atoms with Crippen LogP contribution in [-0.4, -0.2) is 7.05 Å². The van der Waals surface area contributed by atoms with Crippen molar-refractivity contribution in [2.24, 2.45) is 0 Å². The Balaban J connectivity index is 2.50. The van der Waals surface area contributed by atoms with Crippen LogP contribution in [0.15, 0.2) is 40.9 Å². The summed E-state index contributed by atoms with van der Waals surface area (Å²) in [6.45, 7) is 6.47. The van der Waals surface area contributed by atoms with Gasteiger partial charge in [-0.1, -0.05) is 46.3 Å². The Morgan fingerprint density at radius 1 is 1.00 bits per heavy atom. The Labute approximate surface area is 124 Å². The molecule has 0 spiro atoms. The Morgan fingerprint density at radius 3 is 2.37 bits per heavy atom. The lowest BCUT2D eigenvalue weighted by molar-refractivity contribution is 0.686. The lowest BCUT2D eigenvalue weighted by Gasteiger charge is -2.21. The van der Waals surface area contributed by atoms with Crippen molar-refractivity contribution >= 4 is 15.9 Å². The van der Waals surface area contributed by atoms with Crippen molar-refractivity contribution in [3.05, 3.63) is 68.7 Å². The van der Waals surface area contributed by atoms with Gasteiger partial charge < -0.3 is 5.32 Å². The van der Waals surface area contributed by atoms with Gasteiger partial charge in [0, 0.05) is 4.47 Å². The smallest absolute Gasteiger partial charge is 0.0577 e. The number of rotatable bonds is 3. The molecule has 0 saturated carbocycles. The molecular formula is C17H20BrN. The van der Waals surface area contributed by atoms with E-state index in [1.54, 1.807) is 0 Å². The number of hydrogen-bond donors (Lipinski definition) is 1. The first-order chi connectivity index (χ1) is 9.04. The molecule has 0 heterocycles. The predicted molar refractivity (Wildman–Crippen MR) is 85.7 cm³/mol. The van der Waals surface area contributed by atoms with Crippen LogP contribution in [0, 0.1) is 20.8 Å². The van der Waals surface area contributed by atoms with Crippen molar-refractivity contribution in [3.8, 4) is 0 Å². The number of halogens is 1. The lowest BCUT2D eigenvalue weighted by atomic mass is 9.93. The molecule has 0 radical (unpaired) electrons. The average molecular weight is 318 g/mol. The van der Waals surface area contributed by atoms with Gasteiger partial charge in [-0.15, -0.1) is 0 Å². The number of aryl methyl sites for hydroxylation is 2. The molecule has 0 aliphatic carbocycles. The van der Waals surface area contributed by atoms with Crippen LogP contribution in [0.4, 0.5) is 0 Å². The highest BCUT2D eigenvalue weighted by Crippen LogP contribution is 2.29. The molecule has 2 aromatic rings. The summed E-state index contributed by atoms with van der Waals surface area (Å²) in [5.74, 6) is 0. The van der Waals surface area contributed by atoms with Gasteiger partial charge in [0.25, 0.3) is 0 Å². The first-order valence-electron chi connectivity index (χ1n) is 6.54. The summed E-state index contributed by atoms with van der Waals surface area (Å²) in [4.78, 5) is 0. The van der Waals surface area contributed by atoms with Crippen LogP contribution in [0.5, 0.6) is 0 Å². The maximum atomic E-state index is 3.61. The van der Waals surface area contributed by atoms with Crippen LogP contribution in [0.2, 0.25) is 0 Å². The summed E-state index contributed by atoms with van der Waals surface area (Å²) < 4.78 is 1.16. The first-order valence-corrected chi connectivity index (χ1v) is 7.33. The maximum absolute atomic E-state index is 3.61. The maximum Gasteiger partial charge on any atom is 0.0577 e. The van der Waals surface area contributed by atoms with Gasteiger partial charge in [-0.3, -0.25) is 0 Å². The molecule has 1 unspecified atom stereocenters. The summed E-state index contributed by atoms with van der Waals surface area (Å²) >= 11 is 3.61. The predicted octanol–water partition coefficient (Wildman–Crippen LogP) is 4.68. The Kier molecular flexibility index (Phi) is 4.43. The minimum absolute atomic E-state index is 0.233. The molecule has 0 aromatic heterocycles. The summed E-state index contributed by atoms with van der Waals surface area (Å²) in [6.07, 6.45) is 0. The van der Waals surface area contributed by atoms with E-state index in [9.17, 15) is 0 Å². The van der Waals surface area contributed by atoms with Crippen LogP contribution in [0.1, 0.15) is 33.9 Å². The van der Waals surface area contributed by atoms with Gasteiger partial charge in [0.15, 0.2) is 0 Å². The fraction of sp³-hybridized carbons (Fsp3) is 0.294. The van der Waals surface area contributed by atoms with Crippen LogP contribution >= 0.6 is 15.9 Å². The van der Waals surface area contributed by atoms with E-state index in [0.29, 0.717) is 0 Å². The van der Waals surface area contributed by atoms with Gasteiger partial charge in [-0.2, -0.15) is 0 Å². The molecule has 0 fully saturated rings. The Hall–Kier alpha value is -1.12. The van der Waals surface area contributed by atoms with Crippen molar-refractivity contribution in [2.75, 3.05) is 7.05 Å². The molecule has 2 rings (SSSR count). The molecule has 0 aliphatic rings. The second-order valence-electron chi connectivity index (χ2n) is 5.02. The molecule has 19 heavy (non-hydrogen) atoms. The molecule has 100 valence electrons. The quantitative estimate of drug-likeness (QED) is 0.866. The van der Waals surface area contributed by atoms with Gasteiger partial charge >= 0.3 is 0 Å². The van der Waals surface area contributed by atoms with E-state index >= 15 is 0 Å². The number of benzene rings is 2. The molecule has 0 bridgehead atoms. The van der Waals surface area contributed by atoms with Crippen LogP contribution in [0.3, 0.4) is 0 Å². The van der Waals surface area contributed by atoms with Gasteiger partial charge in [0.2, 0.25) is 0 Å². The fourth-order valence-electron chi connectivity index (χ4n) is 2.38. The Bertz CT molecular complexity index is 590. The fourth-order valence-corrected chi connectivity index (χ4v) is 2.76. The zero-order valence-electron chi connectivity index (χ0n) is 11.9. The second kappa shape index (κ2) is 5.89. The summed E-state index contributed by atoms with van der Waals surface area (Å²) in [5, 5.41) is 3.43. The molecule has 1 atom stereocenters. The van der Waals surface area contributed by atoms with E-state index in [-0.39, 0.29) is 6.04 Å².